The lowest BCUT2D eigenvalue weighted by atomic mass is 10.1. The lowest BCUT2D eigenvalue weighted by molar-refractivity contribution is 0.172. The van der Waals surface area contributed by atoms with Crippen LogP contribution in [0.4, 0.5) is 0 Å². The van der Waals surface area contributed by atoms with Crippen LogP contribution in [0.25, 0.3) is 11.5 Å². The number of aromatic nitrogens is 2. The number of para-hydroxylation sites is 1. The molecule has 0 amide bonds. The molecule has 1 aliphatic heterocycles. The normalized spacial score (nSPS) is 13.5. The van der Waals surface area contributed by atoms with Gasteiger partial charge in [0.05, 0.1) is 5.56 Å². The Morgan fingerprint density at radius 3 is 3.00 bits per heavy atom. The van der Waals surface area contributed by atoms with Crippen LogP contribution in [0.3, 0.4) is 0 Å². The van der Waals surface area contributed by atoms with Crippen molar-refractivity contribution in [2.24, 2.45) is 5.73 Å². The van der Waals surface area contributed by atoms with Gasteiger partial charge in [-0.05, 0) is 25.1 Å². The van der Waals surface area contributed by atoms with Gasteiger partial charge in [-0.15, -0.1) is 0 Å². The van der Waals surface area contributed by atoms with Crippen LogP contribution in [-0.2, 0) is 6.42 Å². The van der Waals surface area contributed by atoms with Gasteiger partial charge in [-0.2, -0.15) is 4.98 Å². The van der Waals surface area contributed by atoms with Crippen LogP contribution in [0.15, 0.2) is 22.7 Å². The summed E-state index contributed by atoms with van der Waals surface area (Å²) in [6, 6.07) is 5.63. The Bertz CT molecular complexity index is 568. The van der Waals surface area contributed by atoms with Crippen molar-refractivity contribution in [1.82, 2.24) is 10.1 Å². The number of aryl methyl sites for hydroxylation is 1. The van der Waals surface area contributed by atoms with Crippen molar-refractivity contribution in [1.29, 1.82) is 0 Å². The summed E-state index contributed by atoms with van der Waals surface area (Å²) in [6.07, 6.45) is 1.55. The smallest absolute Gasteiger partial charge is 0.261 e. The summed E-state index contributed by atoms with van der Waals surface area (Å²) in [5.74, 6) is 2.50. The molecule has 0 fully saturated rings. The minimum absolute atomic E-state index is 0.453. The molecule has 6 heteroatoms. The zero-order valence-electron chi connectivity index (χ0n) is 10.5. The van der Waals surface area contributed by atoms with Crippen LogP contribution in [0.5, 0.6) is 11.5 Å². The fraction of sp³-hybridized carbons (Fsp3) is 0.385. The molecule has 2 aromatic rings. The third-order valence-electron chi connectivity index (χ3n) is 2.87. The number of ether oxygens (including phenoxy) is 2. The van der Waals surface area contributed by atoms with E-state index >= 15 is 0 Å². The van der Waals surface area contributed by atoms with Crippen molar-refractivity contribution in [3.63, 3.8) is 0 Å². The van der Waals surface area contributed by atoms with Gasteiger partial charge >= 0.3 is 0 Å². The highest BCUT2D eigenvalue weighted by atomic mass is 16.6. The summed E-state index contributed by atoms with van der Waals surface area (Å²) in [7, 11) is 0. The highest BCUT2D eigenvalue weighted by molar-refractivity contribution is 5.67. The molecule has 2 N–H and O–H groups in total. The van der Waals surface area contributed by atoms with E-state index in [0.717, 1.165) is 12.0 Å². The highest BCUT2D eigenvalue weighted by Gasteiger charge is 2.20. The van der Waals surface area contributed by atoms with E-state index in [0.29, 0.717) is 49.4 Å². The molecule has 1 aromatic carbocycles. The first kappa shape index (κ1) is 12.0. The average molecular weight is 261 g/mol. The van der Waals surface area contributed by atoms with E-state index in [-0.39, 0.29) is 0 Å². The van der Waals surface area contributed by atoms with Crippen molar-refractivity contribution in [3.8, 4) is 23.0 Å². The summed E-state index contributed by atoms with van der Waals surface area (Å²) < 4.78 is 16.4. The second kappa shape index (κ2) is 5.27. The SMILES string of the molecule is NCCCc1noc(-c2cccc3c2OCCO3)n1. The maximum Gasteiger partial charge on any atom is 0.261 e. The van der Waals surface area contributed by atoms with E-state index in [2.05, 4.69) is 10.1 Å². The second-order valence-corrected chi connectivity index (χ2v) is 4.24. The molecule has 2 heterocycles. The monoisotopic (exact) mass is 261 g/mol. The van der Waals surface area contributed by atoms with Gasteiger partial charge in [-0.1, -0.05) is 11.2 Å². The standard InChI is InChI=1S/C13H15N3O3/c14-6-2-5-11-15-13(19-16-11)9-3-1-4-10-12(9)18-8-7-17-10/h1,3-4H,2,5-8,14H2. The molecule has 6 nitrogen and oxygen atoms in total. The van der Waals surface area contributed by atoms with Crippen LogP contribution in [0.2, 0.25) is 0 Å². The van der Waals surface area contributed by atoms with Crippen LogP contribution < -0.4 is 15.2 Å². The first-order valence-electron chi connectivity index (χ1n) is 6.30. The van der Waals surface area contributed by atoms with Gasteiger partial charge in [0.2, 0.25) is 0 Å². The zero-order chi connectivity index (χ0) is 13.1. The molecule has 3 rings (SSSR count). The number of hydrogen-bond donors (Lipinski definition) is 1. The Hall–Kier alpha value is -2.08. The summed E-state index contributed by atoms with van der Waals surface area (Å²) >= 11 is 0. The molecule has 1 aliphatic rings. The lowest BCUT2D eigenvalue weighted by Gasteiger charge is -2.19. The molecule has 19 heavy (non-hydrogen) atoms. The summed E-state index contributed by atoms with van der Waals surface area (Å²) in [5.41, 5.74) is 6.23. The van der Waals surface area contributed by atoms with E-state index in [1.807, 2.05) is 18.2 Å². The molecule has 0 bridgehead atoms. The molecular weight excluding hydrogens is 246 g/mol. The molecule has 1 aromatic heterocycles. The maximum atomic E-state index is 5.63. The van der Waals surface area contributed by atoms with Gasteiger partial charge < -0.3 is 19.7 Å². The molecule has 0 atom stereocenters. The molecule has 0 saturated carbocycles. The van der Waals surface area contributed by atoms with Crippen molar-refractivity contribution in [3.05, 3.63) is 24.0 Å². The van der Waals surface area contributed by atoms with Crippen molar-refractivity contribution in [2.45, 2.75) is 12.8 Å². The summed E-state index contributed by atoms with van der Waals surface area (Å²) in [4.78, 5) is 4.36. The summed E-state index contributed by atoms with van der Waals surface area (Å²) in [5, 5.41) is 3.94. The first-order valence-corrected chi connectivity index (χ1v) is 6.30. The Labute approximate surface area is 110 Å². The second-order valence-electron chi connectivity index (χ2n) is 4.24. The number of rotatable bonds is 4. The van der Waals surface area contributed by atoms with E-state index in [1.54, 1.807) is 0 Å². The largest absolute Gasteiger partial charge is 0.486 e. The minimum Gasteiger partial charge on any atom is -0.486 e. The molecule has 0 saturated heterocycles. The molecular formula is C13H15N3O3. The fourth-order valence-corrected chi connectivity index (χ4v) is 1.97. The number of benzene rings is 1. The van der Waals surface area contributed by atoms with Gasteiger partial charge in [-0.25, -0.2) is 0 Å². The van der Waals surface area contributed by atoms with Gasteiger partial charge in [0.15, 0.2) is 17.3 Å². The zero-order valence-corrected chi connectivity index (χ0v) is 10.5. The van der Waals surface area contributed by atoms with Gasteiger partial charge in [0.25, 0.3) is 5.89 Å². The molecule has 0 aliphatic carbocycles. The van der Waals surface area contributed by atoms with Crippen LogP contribution in [0.1, 0.15) is 12.2 Å². The molecule has 0 radical (unpaired) electrons. The van der Waals surface area contributed by atoms with Crippen molar-refractivity contribution >= 4 is 0 Å². The van der Waals surface area contributed by atoms with E-state index in [1.165, 1.54) is 0 Å². The highest BCUT2D eigenvalue weighted by Crippen LogP contribution is 2.38. The molecule has 100 valence electrons. The van der Waals surface area contributed by atoms with Crippen LogP contribution >= 0.6 is 0 Å². The third kappa shape index (κ3) is 2.39. The number of hydrogen-bond acceptors (Lipinski definition) is 6. The van der Waals surface area contributed by atoms with Crippen LogP contribution in [-0.4, -0.2) is 29.9 Å². The van der Waals surface area contributed by atoms with Gasteiger partial charge in [0.1, 0.15) is 13.2 Å². The minimum atomic E-state index is 0.453. The van der Waals surface area contributed by atoms with E-state index in [9.17, 15) is 0 Å². The first-order chi connectivity index (χ1) is 9.38. The fourth-order valence-electron chi connectivity index (χ4n) is 1.97. The molecule has 0 unspecified atom stereocenters. The Morgan fingerprint density at radius 1 is 1.21 bits per heavy atom. The van der Waals surface area contributed by atoms with E-state index in [4.69, 9.17) is 19.7 Å². The van der Waals surface area contributed by atoms with E-state index < -0.39 is 0 Å². The Kier molecular flexibility index (Phi) is 3.33. The number of nitrogens with two attached hydrogens (primary N) is 1. The number of nitrogens with zero attached hydrogens (tertiary/aromatic N) is 2. The Balaban J connectivity index is 1.91. The van der Waals surface area contributed by atoms with Gasteiger partial charge in [0, 0.05) is 6.42 Å². The van der Waals surface area contributed by atoms with Crippen LogP contribution in [0, 0.1) is 0 Å². The Morgan fingerprint density at radius 2 is 2.11 bits per heavy atom. The summed E-state index contributed by atoms with van der Waals surface area (Å²) in [6.45, 7) is 1.70. The lowest BCUT2D eigenvalue weighted by Crippen LogP contribution is -2.15. The average Bonchev–Trinajstić information content (AvgIpc) is 2.93. The number of fused-ring (bicyclic) bond motifs is 1. The van der Waals surface area contributed by atoms with Gasteiger partial charge in [-0.3, -0.25) is 0 Å². The molecule has 0 spiro atoms. The predicted octanol–water partition coefficient (Wildman–Crippen LogP) is 1.40. The van der Waals surface area contributed by atoms with Crippen molar-refractivity contribution < 1.29 is 14.0 Å². The topological polar surface area (TPSA) is 83.4 Å². The maximum absolute atomic E-state index is 5.63. The predicted molar refractivity (Wildman–Crippen MR) is 68.1 cm³/mol. The van der Waals surface area contributed by atoms with Crippen molar-refractivity contribution in [2.75, 3.05) is 19.8 Å². The third-order valence-corrected chi connectivity index (χ3v) is 2.87. The quantitative estimate of drug-likeness (QED) is 0.895.